The maximum absolute atomic E-state index is 10.9. The Balaban J connectivity index is 0. The molecule has 0 saturated carbocycles. The van der Waals surface area contributed by atoms with E-state index in [1.807, 2.05) is 0 Å². The Hall–Kier alpha value is -1.66. The average Bonchev–Trinajstić information content (AvgIpc) is 2.79. The second kappa shape index (κ2) is 24.6. The normalized spacial score (nSPS) is 10.4. The van der Waals surface area contributed by atoms with Gasteiger partial charge in [0.15, 0.2) is 0 Å². The van der Waals surface area contributed by atoms with Gasteiger partial charge in [0.05, 0.1) is 0 Å². The fourth-order valence-corrected chi connectivity index (χ4v) is 2.85. The number of carbonyl (C=O) groups is 2. The molecule has 6 heteroatoms. The van der Waals surface area contributed by atoms with Crippen LogP contribution in [0.5, 0.6) is 0 Å². The second-order valence-corrected chi connectivity index (χ2v) is 7.38. The monoisotopic (exact) mass is 440 g/mol. The van der Waals surface area contributed by atoms with Gasteiger partial charge in [0.2, 0.25) is 0 Å². The van der Waals surface area contributed by atoms with Gasteiger partial charge in [-0.15, -0.1) is 0 Å². The van der Waals surface area contributed by atoms with Crippen LogP contribution in [0.2, 0.25) is 0 Å². The van der Waals surface area contributed by atoms with E-state index in [4.69, 9.17) is 9.47 Å². The lowest BCUT2D eigenvalue weighted by Crippen LogP contribution is -2.29. The number of carbonyl (C=O) groups excluding carboxylic acids is 2. The van der Waals surface area contributed by atoms with Crippen LogP contribution in [0.15, 0.2) is 25.3 Å². The van der Waals surface area contributed by atoms with Crippen LogP contribution in [0, 0.1) is 0 Å². The molecule has 182 valence electrons. The highest BCUT2D eigenvalue weighted by Gasteiger charge is 2.04. The quantitative estimate of drug-likeness (QED) is 0.163. The third kappa shape index (κ3) is 22.8. The van der Waals surface area contributed by atoms with E-state index in [0.29, 0.717) is 13.2 Å². The Morgan fingerprint density at radius 1 is 0.645 bits per heavy atom. The molecule has 0 spiro atoms. The molecular formula is C25H48N2O4. The molecule has 0 aromatic carbocycles. The van der Waals surface area contributed by atoms with Crippen molar-refractivity contribution in [1.29, 1.82) is 0 Å². The molecule has 6 nitrogen and oxygen atoms in total. The van der Waals surface area contributed by atoms with Crippen LogP contribution in [0.4, 0.5) is 0 Å². The summed E-state index contributed by atoms with van der Waals surface area (Å²) in [5.41, 5.74) is 0. The number of hydrogen-bond acceptors (Lipinski definition) is 6. The van der Waals surface area contributed by atoms with Gasteiger partial charge in [-0.3, -0.25) is 0 Å². The van der Waals surface area contributed by atoms with Gasteiger partial charge < -0.3 is 19.3 Å². The van der Waals surface area contributed by atoms with Crippen molar-refractivity contribution < 1.29 is 19.1 Å². The summed E-state index contributed by atoms with van der Waals surface area (Å²) < 4.78 is 9.87. The standard InChI is InChI=1S/C14H27NO2.C11H21NO2/c1-4-7-8-9-10-11-15(6-3)12-13-17-14(16)5-2;1-4-7-8-12(6-3)9-10-14-11(13)5-2/h5H,2,4,6-13H2,1,3H3;5H,2,4,6-10H2,1,3H3. The van der Waals surface area contributed by atoms with Gasteiger partial charge in [0.25, 0.3) is 0 Å². The molecule has 0 radical (unpaired) electrons. The fourth-order valence-electron chi connectivity index (χ4n) is 2.85. The van der Waals surface area contributed by atoms with Crippen molar-refractivity contribution in [3.05, 3.63) is 25.3 Å². The number of likely N-dealkylation sites (N-methyl/N-ethyl adjacent to an activating group) is 2. The smallest absolute Gasteiger partial charge is 0.330 e. The molecule has 0 atom stereocenters. The average molecular weight is 441 g/mol. The van der Waals surface area contributed by atoms with Crippen LogP contribution in [0.25, 0.3) is 0 Å². The van der Waals surface area contributed by atoms with Gasteiger partial charge in [-0.25, -0.2) is 9.59 Å². The van der Waals surface area contributed by atoms with E-state index in [9.17, 15) is 9.59 Å². The molecule has 0 bridgehead atoms. The molecule has 0 heterocycles. The minimum absolute atomic E-state index is 0.330. The first kappa shape index (κ1) is 31.5. The number of unbranched alkanes of at least 4 members (excludes halogenated alkanes) is 5. The largest absolute Gasteiger partial charge is 0.461 e. The van der Waals surface area contributed by atoms with E-state index in [0.717, 1.165) is 39.3 Å². The molecule has 0 rings (SSSR count). The van der Waals surface area contributed by atoms with E-state index in [2.05, 4.69) is 50.7 Å². The third-order valence-electron chi connectivity index (χ3n) is 4.94. The highest BCUT2D eigenvalue weighted by atomic mass is 16.5. The predicted molar refractivity (Wildman–Crippen MR) is 130 cm³/mol. The van der Waals surface area contributed by atoms with Crippen LogP contribution in [-0.4, -0.2) is 74.2 Å². The van der Waals surface area contributed by atoms with Crippen LogP contribution in [0.3, 0.4) is 0 Å². The van der Waals surface area contributed by atoms with Crippen molar-refractivity contribution >= 4 is 11.9 Å². The lowest BCUT2D eigenvalue weighted by molar-refractivity contribution is -0.139. The van der Waals surface area contributed by atoms with Gasteiger partial charge in [-0.2, -0.15) is 0 Å². The van der Waals surface area contributed by atoms with E-state index in [1.54, 1.807) is 0 Å². The SMILES string of the molecule is C=CC(=O)OCCN(CC)CCCC.C=CC(=O)OCCN(CC)CCCCCCC. The van der Waals surface area contributed by atoms with Gasteiger partial charge >= 0.3 is 11.9 Å². The topological polar surface area (TPSA) is 59.1 Å². The number of ether oxygens (including phenoxy) is 2. The first-order chi connectivity index (χ1) is 15.0. The highest BCUT2D eigenvalue weighted by molar-refractivity contribution is 5.81. The lowest BCUT2D eigenvalue weighted by atomic mass is 10.1. The predicted octanol–water partition coefficient (Wildman–Crippen LogP) is 4.85. The zero-order valence-electron chi connectivity index (χ0n) is 20.7. The molecule has 0 amide bonds. The maximum atomic E-state index is 10.9. The number of esters is 2. The Labute approximate surface area is 191 Å². The molecule has 31 heavy (non-hydrogen) atoms. The van der Waals surface area contributed by atoms with Gasteiger partial charge in [-0.1, -0.05) is 73.0 Å². The summed E-state index contributed by atoms with van der Waals surface area (Å²) in [7, 11) is 0. The molecule has 0 aromatic heterocycles. The van der Waals surface area contributed by atoms with Crippen molar-refractivity contribution in [2.75, 3.05) is 52.5 Å². The Morgan fingerprint density at radius 3 is 1.45 bits per heavy atom. The summed E-state index contributed by atoms with van der Waals surface area (Å²) >= 11 is 0. The van der Waals surface area contributed by atoms with Crippen molar-refractivity contribution in [3.63, 3.8) is 0 Å². The maximum Gasteiger partial charge on any atom is 0.330 e. The van der Waals surface area contributed by atoms with Gasteiger partial charge in [0, 0.05) is 25.2 Å². The third-order valence-corrected chi connectivity index (χ3v) is 4.94. The van der Waals surface area contributed by atoms with E-state index >= 15 is 0 Å². The Morgan fingerprint density at radius 2 is 1.06 bits per heavy atom. The van der Waals surface area contributed by atoms with Gasteiger partial charge in [-0.05, 0) is 39.0 Å². The number of rotatable bonds is 19. The highest BCUT2D eigenvalue weighted by Crippen LogP contribution is 2.03. The summed E-state index contributed by atoms with van der Waals surface area (Å²) in [6, 6.07) is 0. The molecule has 0 unspecified atom stereocenters. The molecule has 0 aromatic rings. The Kier molecular flexibility index (Phi) is 25.0. The van der Waals surface area contributed by atoms with E-state index in [-0.39, 0.29) is 11.9 Å². The van der Waals surface area contributed by atoms with Crippen molar-refractivity contribution in [1.82, 2.24) is 9.80 Å². The van der Waals surface area contributed by atoms with Crippen LogP contribution >= 0.6 is 0 Å². The number of hydrogen-bond donors (Lipinski definition) is 0. The second-order valence-electron chi connectivity index (χ2n) is 7.38. The van der Waals surface area contributed by atoms with Crippen molar-refractivity contribution in [2.24, 2.45) is 0 Å². The first-order valence-electron chi connectivity index (χ1n) is 12.0. The Bertz CT molecular complexity index is 455. The van der Waals surface area contributed by atoms with Gasteiger partial charge in [0.1, 0.15) is 13.2 Å². The summed E-state index contributed by atoms with van der Waals surface area (Å²) in [6.45, 7) is 22.1. The van der Waals surface area contributed by atoms with Crippen molar-refractivity contribution in [3.8, 4) is 0 Å². The summed E-state index contributed by atoms with van der Waals surface area (Å²) in [5.74, 6) is -0.666. The van der Waals surface area contributed by atoms with E-state index < -0.39 is 0 Å². The summed E-state index contributed by atoms with van der Waals surface area (Å²) in [5, 5.41) is 0. The zero-order valence-corrected chi connectivity index (χ0v) is 20.7. The fraction of sp³-hybridized carbons (Fsp3) is 0.760. The zero-order chi connectivity index (χ0) is 23.7. The molecule has 0 aliphatic heterocycles. The van der Waals surface area contributed by atoms with Crippen LogP contribution in [-0.2, 0) is 19.1 Å². The lowest BCUT2D eigenvalue weighted by Gasteiger charge is -2.19. The molecule has 0 aliphatic carbocycles. The number of nitrogens with zero attached hydrogens (tertiary/aromatic N) is 2. The summed E-state index contributed by atoms with van der Waals surface area (Å²) in [6.07, 6.45) is 11.3. The minimum Gasteiger partial charge on any atom is -0.461 e. The van der Waals surface area contributed by atoms with Crippen LogP contribution in [0.1, 0.15) is 72.6 Å². The molecular weight excluding hydrogens is 392 g/mol. The summed E-state index contributed by atoms with van der Waals surface area (Å²) in [4.78, 5) is 26.2. The molecule has 0 saturated heterocycles. The molecule has 0 fully saturated rings. The molecule has 0 aliphatic rings. The first-order valence-corrected chi connectivity index (χ1v) is 12.0. The van der Waals surface area contributed by atoms with E-state index in [1.165, 1.54) is 57.1 Å². The van der Waals surface area contributed by atoms with Crippen molar-refractivity contribution in [2.45, 2.75) is 72.6 Å². The minimum atomic E-state index is -0.337. The van der Waals surface area contributed by atoms with Crippen LogP contribution < -0.4 is 0 Å². The molecule has 0 N–H and O–H groups in total.